The lowest BCUT2D eigenvalue weighted by Crippen LogP contribution is -1.76. The normalized spacial score (nSPS) is 11.9. The van der Waals surface area contributed by atoms with Gasteiger partial charge in [0.1, 0.15) is 0 Å². The van der Waals surface area contributed by atoms with Crippen LogP contribution in [0, 0.1) is 0 Å². The highest BCUT2D eigenvalue weighted by atomic mass is 16.1. The summed E-state index contributed by atoms with van der Waals surface area (Å²) >= 11 is 0. The predicted molar refractivity (Wildman–Crippen MR) is 36.8 cm³/mol. The third kappa shape index (κ3) is 2.83. The summed E-state index contributed by atoms with van der Waals surface area (Å²) in [5, 5.41) is 0. The molecular formula is C7H11NO. The average Bonchev–Trinajstić information content (AvgIpc) is 1.87. The van der Waals surface area contributed by atoms with Crippen molar-refractivity contribution in [1.82, 2.24) is 0 Å². The lowest BCUT2D eigenvalue weighted by molar-refractivity contribution is 0.564. The van der Waals surface area contributed by atoms with Crippen LogP contribution in [0.1, 0.15) is 27.2 Å². The molecule has 0 amide bonds. The van der Waals surface area contributed by atoms with Crippen LogP contribution in [0.4, 0.5) is 0 Å². The Morgan fingerprint density at radius 2 is 2.11 bits per heavy atom. The molecule has 0 unspecified atom stereocenters. The van der Waals surface area contributed by atoms with Crippen molar-refractivity contribution in [2.75, 3.05) is 0 Å². The minimum Gasteiger partial charge on any atom is -0.211 e. The minimum absolute atomic E-state index is 0.785. The maximum atomic E-state index is 9.71. The first-order valence-electron chi connectivity index (χ1n) is 2.96. The smallest absolute Gasteiger partial charge is 0.211 e. The van der Waals surface area contributed by atoms with Gasteiger partial charge in [0.25, 0.3) is 0 Å². The number of rotatable bonds is 2. The predicted octanol–water partition coefficient (Wildman–Crippen LogP) is 2.03. The van der Waals surface area contributed by atoms with Gasteiger partial charge in [0.05, 0.1) is 0 Å². The van der Waals surface area contributed by atoms with Crippen molar-refractivity contribution < 1.29 is 4.79 Å². The summed E-state index contributed by atoms with van der Waals surface area (Å²) in [5.74, 6) is 0. The summed E-state index contributed by atoms with van der Waals surface area (Å²) in [4.78, 5) is 13.2. The largest absolute Gasteiger partial charge is 0.240 e. The van der Waals surface area contributed by atoms with Crippen LogP contribution in [0.5, 0.6) is 0 Å². The Morgan fingerprint density at radius 1 is 1.56 bits per heavy atom. The van der Waals surface area contributed by atoms with Crippen LogP contribution in [-0.4, -0.2) is 6.08 Å². The summed E-state index contributed by atoms with van der Waals surface area (Å²) in [6, 6.07) is 0. The standard InChI is InChI=1S/C7H11NO/c1-4-6(2)7(3)8-5-9/h4H2,1-3H3. The van der Waals surface area contributed by atoms with Crippen LogP contribution >= 0.6 is 0 Å². The van der Waals surface area contributed by atoms with Gasteiger partial charge in [-0.05, 0) is 20.3 Å². The van der Waals surface area contributed by atoms with E-state index >= 15 is 0 Å². The van der Waals surface area contributed by atoms with Gasteiger partial charge in [0.2, 0.25) is 6.08 Å². The molecule has 9 heavy (non-hydrogen) atoms. The van der Waals surface area contributed by atoms with Gasteiger partial charge in [-0.2, -0.15) is 4.99 Å². The second-order valence-electron chi connectivity index (χ2n) is 1.92. The molecule has 0 saturated heterocycles. The zero-order valence-electron chi connectivity index (χ0n) is 6.06. The fourth-order valence-electron chi connectivity index (χ4n) is 0.420. The van der Waals surface area contributed by atoms with Crippen LogP contribution in [-0.2, 0) is 4.79 Å². The molecule has 0 aliphatic heterocycles. The van der Waals surface area contributed by atoms with Crippen LogP contribution in [0.3, 0.4) is 0 Å². The Labute approximate surface area is 55.3 Å². The second kappa shape index (κ2) is 4.04. The summed E-state index contributed by atoms with van der Waals surface area (Å²) in [5.41, 5.74) is 1.92. The molecule has 2 nitrogen and oxygen atoms in total. The summed E-state index contributed by atoms with van der Waals surface area (Å²) in [7, 11) is 0. The molecule has 0 saturated carbocycles. The average molecular weight is 125 g/mol. The highest BCUT2D eigenvalue weighted by Gasteiger charge is 1.89. The molecule has 50 valence electrons. The van der Waals surface area contributed by atoms with Gasteiger partial charge in [-0.15, -0.1) is 0 Å². The van der Waals surface area contributed by atoms with E-state index in [1.807, 2.05) is 20.8 Å². The van der Waals surface area contributed by atoms with E-state index < -0.39 is 0 Å². The Morgan fingerprint density at radius 3 is 2.44 bits per heavy atom. The third-order valence-electron chi connectivity index (χ3n) is 1.36. The van der Waals surface area contributed by atoms with E-state index in [0.717, 1.165) is 17.7 Å². The van der Waals surface area contributed by atoms with Crippen LogP contribution in [0.2, 0.25) is 0 Å². The Kier molecular flexibility index (Phi) is 3.65. The Balaban J connectivity index is 4.27. The van der Waals surface area contributed by atoms with Crippen LogP contribution in [0.25, 0.3) is 0 Å². The van der Waals surface area contributed by atoms with E-state index in [1.165, 1.54) is 6.08 Å². The van der Waals surface area contributed by atoms with Gasteiger partial charge in [-0.1, -0.05) is 12.5 Å². The van der Waals surface area contributed by atoms with Gasteiger partial charge >= 0.3 is 0 Å². The molecule has 0 radical (unpaired) electrons. The molecule has 0 aromatic carbocycles. The monoisotopic (exact) mass is 125 g/mol. The molecule has 0 aliphatic carbocycles. The molecule has 0 aromatic heterocycles. The first-order chi connectivity index (χ1) is 4.22. The van der Waals surface area contributed by atoms with E-state index in [1.54, 1.807) is 0 Å². The lowest BCUT2D eigenvalue weighted by Gasteiger charge is -1.94. The summed E-state index contributed by atoms with van der Waals surface area (Å²) < 4.78 is 0. The quantitative estimate of drug-likeness (QED) is 0.410. The van der Waals surface area contributed by atoms with Gasteiger partial charge in [-0.25, -0.2) is 4.79 Å². The molecule has 0 N–H and O–H groups in total. The zero-order chi connectivity index (χ0) is 7.28. The maximum absolute atomic E-state index is 9.71. The molecule has 0 heterocycles. The summed E-state index contributed by atoms with van der Waals surface area (Å²) in [6.45, 7) is 5.79. The summed E-state index contributed by atoms with van der Waals surface area (Å²) in [6.07, 6.45) is 2.44. The second-order valence-corrected chi connectivity index (χ2v) is 1.92. The molecule has 0 fully saturated rings. The van der Waals surface area contributed by atoms with Crippen molar-refractivity contribution in [2.45, 2.75) is 27.2 Å². The van der Waals surface area contributed by atoms with Gasteiger partial charge in [0.15, 0.2) is 0 Å². The van der Waals surface area contributed by atoms with E-state index in [-0.39, 0.29) is 0 Å². The van der Waals surface area contributed by atoms with Crippen LogP contribution in [0.15, 0.2) is 16.3 Å². The van der Waals surface area contributed by atoms with Gasteiger partial charge in [0, 0.05) is 5.70 Å². The Hall–Kier alpha value is -0.880. The number of carbonyl (C=O) groups excluding carboxylic acids is 1. The van der Waals surface area contributed by atoms with Gasteiger partial charge in [-0.3, -0.25) is 0 Å². The zero-order valence-corrected chi connectivity index (χ0v) is 6.06. The van der Waals surface area contributed by atoms with E-state index in [9.17, 15) is 4.79 Å². The molecule has 0 aliphatic rings. The van der Waals surface area contributed by atoms with Crippen molar-refractivity contribution in [2.24, 2.45) is 4.99 Å². The number of nitrogens with zero attached hydrogens (tertiary/aromatic N) is 1. The molecule has 0 bridgehead atoms. The van der Waals surface area contributed by atoms with E-state index in [2.05, 4.69) is 4.99 Å². The van der Waals surface area contributed by atoms with Gasteiger partial charge < -0.3 is 0 Å². The number of hydrogen-bond acceptors (Lipinski definition) is 2. The minimum atomic E-state index is 0.785. The van der Waals surface area contributed by atoms with Crippen molar-refractivity contribution in [3.8, 4) is 0 Å². The number of isocyanates is 1. The SMILES string of the molecule is CCC(C)=C(C)N=C=O. The number of allylic oxidation sites excluding steroid dienone is 2. The molecular weight excluding hydrogens is 114 g/mol. The molecule has 0 rings (SSSR count). The van der Waals surface area contributed by atoms with Crippen molar-refractivity contribution in [1.29, 1.82) is 0 Å². The fraction of sp³-hybridized carbons (Fsp3) is 0.571. The van der Waals surface area contributed by atoms with E-state index in [4.69, 9.17) is 0 Å². The van der Waals surface area contributed by atoms with E-state index in [0.29, 0.717) is 0 Å². The molecule has 0 atom stereocenters. The molecule has 0 aromatic rings. The maximum Gasteiger partial charge on any atom is 0.240 e. The van der Waals surface area contributed by atoms with Crippen LogP contribution < -0.4 is 0 Å². The van der Waals surface area contributed by atoms with Crippen molar-refractivity contribution in [3.05, 3.63) is 11.3 Å². The number of hydrogen-bond donors (Lipinski definition) is 0. The topological polar surface area (TPSA) is 29.4 Å². The third-order valence-corrected chi connectivity index (χ3v) is 1.36. The highest BCUT2D eigenvalue weighted by Crippen LogP contribution is 2.06. The fourth-order valence-corrected chi connectivity index (χ4v) is 0.420. The van der Waals surface area contributed by atoms with Crippen molar-refractivity contribution >= 4 is 6.08 Å². The lowest BCUT2D eigenvalue weighted by atomic mass is 10.2. The Bertz CT molecular complexity index is 164. The molecule has 0 spiro atoms. The highest BCUT2D eigenvalue weighted by molar-refractivity contribution is 5.37. The molecule has 2 heteroatoms. The van der Waals surface area contributed by atoms with Crippen molar-refractivity contribution in [3.63, 3.8) is 0 Å². The first-order valence-corrected chi connectivity index (χ1v) is 2.96. The number of aliphatic imine (C=N–C) groups is 1. The first kappa shape index (κ1) is 8.12.